The van der Waals surface area contributed by atoms with Crippen LogP contribution >= 0.6 is 0 Å². The predicted molar refractivity (Wildman–Crippen MR) is 63.6 cm³/mol. The lowest BCUT2D eigenvalue weighted by molar-refractivity contribution is -0.166. The molecule has 0 amide bonds. The highest BCUT2D eigenvalue weighted by Crippen LogP contribution is 2.30. The molecular formula is C13H23NO2. The van der Waals surface area contributed by atoms with E-state index in [9.17, 15) is 4.79 Å². The van der Waals surface area contributed by atoms with Gasteiger partial charge in [-0.2, -0.15) is 5.26 Å². The smallest absolute Gasteiger partial charge is 0.312 e. The molecule has 0 spiro atoms. The van der Waals surface area contributed by atoms with Crippen molar-refractivity contribution in [2.75, 3.05) is 0 Å². The number of esters is 1. The van der Waals surface area contributed by atoms with Crippen LogP contribution in [0.1, 0.15) is 54.4 Å². The van der Waals surface area contributed by atoms with Gasteiger partial charge in [-0.25, -0.2) is 0 Å². The fourth-order valence-corrected chi connectivity index (χ4v) is 1.40. The van der Waals surface area contributed by atoms with Crippen LogP contribution < -0.4 is 0 Å². The summed E-state index contributed by atoms with van der Waals surface area (Å²) in [6.45, 7) is 11.2. The van der Waals surface area contributed by atoms with Crippen molar-refractivity contribution in [1.29, 1.82) is 5.26 Å². The van der Waals surface area contributed by atoms with Gasteiger partial charge in [-0.15, -0.1) is 0 Å². The number of carbonyl (C=O) groups excluding carboxylic acids is 1. The Kier molecular flexibility index (Phi) is 4.99. The van der Waals surface area contributed by atoms with Gasteiger partial charge in [0, 0.05) is 5.92 Å². The molecular weight excluding hydrogens is 202 g/mol. The van der Waals surface area contributed by atoms with Gasteiger partial charge in [0.05, 0.1) is 11.5 Å². The second-order valence-corrected chi connectivity index (χ2v) is 5.82. The van der Waals surface area contributed by atoms with E-state index in [0.717, 1.165) is 6.42 Å². The van der Waals surface area contributed by atoms with Crippen molar-refractivity contribution >= 4 is 5.97 Å². The Labute approximate surface area is 98.8 Å². The van der Waals surface area contributed by atoms with Gasteiger partial charge in [0.1, 0.15) is 5.60 Å². The summed E-state index contributed by atoms with van der Waals surface area (Å²) in [5, 5.41) is 8.90. The van der Waals surface area contributed by atoms with Crippen LogP contribution in [0.4, 0.5) is 0 Å². The largest absolute Gasteiger partial charge is 0.460 e. The first kappa shape index (κ1) is 15.0. The van der Waals surface area contributed by atoms with Crippen LogP contribution in [0.25, 0.3) is 0 Å². The maximum absolute atomic E-state index is 11.9. The van der Waals surface area contributed by atoms with Gasteiger partial charge in [-0.3, -0.25) is 4.79 Å². The molecule has 3 nitrogen and oxygen atoms in total. The molecule has 0 aromatic carbocycles. The average Bonchev–Trinajstić information content (AvgIpc) is 2.11. The van der Waals surface area contributed by atoms with Gasteiger partial charge in [-0.1, -0.05) is 6.92 Å². The highest BCUT2D eigenvalue weighted by molar-refractivity contribution is 5.76. The molecule has 0 aliphatic carbocycles. The van der Waals surface area contributed by atoms with Gasteiger partial charge >= 0.3 is 5.97 Å². The first-order valence-corrected chi connectivity index (χ1v) is 5.75. The van der Waals surface area contributed by atoms with Crippen molar-refractivity contribution in [3.63, 3.8) is 0 Å². The molecule has 92 valence electrons. The van der Waals surface area contributed by atoms with Crippen molar-refractivity contribution < 1.29 is 9.53 Å². The quantitative estimate of drug-likeness (QED) is 0.690. The van der Waals surface area contributed by atoms with Crippen LogP contribution in [-0.2, 0) is 9.53 Å². The third kappa shape index (κ3) is 5.16. The Balaban J connectivity index is 4.55. The third-order valence-corrected chi connectivity index (χ3v) is 2.38. The first-order chi connectivity index (χ1) is 7.12. The zero-order chi connectivity index (χ0) is 13.0. The molecule has 0 aromatic rings. The Morgan fingerprint density at radius 3 is 2.12 bits per heavy atom. The van der Waals surface area contributed by atoms with Crippen molar-refractivity contribution in [2.45, 2.75) is 60.0 Å². The zero-order valence-electron chi connectivity index (χ0n) is 11.3. The Morgan fingerprint density at radius 1 is 1.31 bits per heavy atom. The van der Waals surface area contributed by atoms with Crippen LogP contribution in [-0.4, -0.2) is 11.6 Å². The van der Waals surface area contributed by atoms with Crippen molar-refractivity contribution in [1.82, 2.24) is 0 Å². The molecule has 0 bridgehead atoms. The van der Waals surface area contributed by atoms with E-state index in [-0.39, 0.29) is 11.9 Å². The summed E-state index contributed by atoms with van der Waals surface area (Å²) in [7, 11) is 0. The summed E-state index contributed by atoms with van der Waals surface area (Å²) in [6, 6.07) is 2.22. The molecule has 0 fully saturated rings. The molecule has 1 unspecified atom stereocenters. The van der Waals surface area contributed by atoms with Crippen molar-refractivity contribution in [3.8, 4) is 6.07 Å². The van der Waals surface area contributed by atoms with Gasteiger partial charge in [-0.05, 0) is 47.5 Å². The molecule has 1 atom stereocenters. The maximum atomic E-state index is 11.9. The molecule has 0 aromatic heterocycles. The minimum Gasteiger partial charge on any atom is -0.460 e. The predicted octanol–water partition coefficient (Wildman–Crippen LogP) is 3.29. The van der Waals surface area contributed by atoms with Gasteiger partial charge in [0.25, 0.3) is 0 Å². The van der Waals surface area contributed by atoms with E-state index in [2.05, 4.69) is 6.07 Å². The minimum absolute atomic E-state index is 0.0810. The van der Waals surface area contributed by atoms with E-state index < -0.39 is 11.0 Å². The molecule has 0 radical (unpaired) electrons. The highest BCUT2D eigenvalue weighted by Gasteiger charge is 2.34. The lowest BCUT2D eigenvalue weighted by atomic mass is 9.82. The molecule has 0 saturated carbocycles. The van der Waals surface area contributed by atoms with Crippen LogP contribution in [0.15, 0.2) is 0 Å². The SMILES string of the molecule is CCC(C#N)CC(C)(C)C(=O)OC(C)(C)C. The summed E-state index contributed by atoms with van der Waals surface area (Å²) in [5.74, 6) is -0.309. The van der Waals surface area contributed by atoms with Crippen LogP contribution in [0.5, 0.6) is 0 Å². The third-order valence-electron chi connectivity index (χ3n) is 2.38. The highest BCUT2D eigenvalue weighted by atomic mass is 16.6. The topological polar surface area (TPSA) is 50.1 Å². The first-order valence-electron chi connectivity index (χ1n) is 5.75. The van der Waals surface area contributed by atoms with Gasteiger partial charge in [0.2, 0.25) is 0 Å². The van der Waals surface area contributed by atoms with Crippen LogP contribution in [0, 0.1) is 22.7 Å². The van der Waals surface area contributed by atoms with E-state index in [1.54, 1.807) is 0 Å². The number of nitriles is 1. The monoisotopic (exact) mass is 225 g/mol. The normalized spacial score (nSPS) is 14.1. The minimum atomic E-state index is -0.594. The summed E-state index contributed by atoms with van der Waals surface area (Å²) in [5.41, 5.74) is -1.06. The summed E-state index contributed by atoms with van der Waals surface area (Å²) in [4.78, 5) is 11.9. The molecule has 0 N–H and O–H groups in total. The lowest BCUT2D eigenvalue weighted by Crippen LogP contribution is -2.35. The number of rotatable bonds is 4. The number of ether oxygens (including phenoxy) is 1. The number of hydrogen-bond donors (Lipinski definition) is 0. The van der Waals surface area contributed by atoms with Crippen LogP contribution in [0.3, 0.4) is 0 Å². The Hall–Kier alpha value is -1.04. The second kappa shape index (κ2) is 5.34. The molecule has 0 saturated heterocycles. The fourth-order valence-electron chi connectivity index (χ4n) is 1.40. The lowest BCUT2D eigenvalue weighted by Gasteiger charge is -2.29. The molecule has 16 heavy (non-hydrogen) atoms. The van der Waals surface area contributed by atoms with Crippen molar-refractivity contribution in [2.24, 2.45) is 11.3 Å². The Morgan fingerprint density at radius 2 is 1.81 bits per heavy atom. The molecule has 0 heterocycles. The summed E-state index contributed by atoms with van der Waals surface area (Å²) in [6.07, 6.45) is 1.32. The maximum Gasteiger partial charge on any atom is 0.312 e. The summed E-state index contributed by atoms with van der Waals surface area (Å²) < 4.78 is 5.34. The van der Waals surface area contributed by atoms with Gasteiger partial charge in [0.15, 0.2) is 0 Å². The number of carbonyl (C=O) groups is 1. The Bertz CT molecular complexity index is 281. The van der Waals surface area contributed by atoms with E-state index >= 15 is 0 Å². The molecule has 0 rings (SSSR count). The fraction of sp³-hybridized carbons (Fsp3) is 0.846. The second-order valence-electron chi connectivity index (χ2n) is 5.82. The van der Waals surface area contributed by atoms with Gasteiger partial charge < -0.3 is 4.74 Å². The molecule has 3 heteroatoms. The number of hydrogen-bond acceptors (Lipinski definition) is 3. The van der Waals surface area contributed by atoms with Crippen molar-refractivity contribution in [3.05, 3.63) is 0 Å². The van der Waals surface area contributed by atoms with Crippen LogP contribution in [0.2, 0.25) is 0 Å². The van der Waals surface area contributed by atoms with E-state index in [0.29, 0.717) is 6.42 Å². The summed E-state index contributed by atoms with van der Waals surface area (Å²) >= 11 is 0. The molecule has 0 aliphatic rings. The number of nitrogens with zero attached hydrogens (tertiary/aromatic N) is 1. The molecule has 0 aliphatic heterocycles. The van der Waals surface area contributed by atoms with E-state index in [1.807, 2.05) is 41.5 Å². The zero-order valence-corrected chi connectivity index (χ0v) is 11.3. The van der Waals surface area contributed by atoms with E-state index in [4.69, 9.17) is 10.00 Å². The average molecular weight is 225 g/mol. The van der Waals surface area contributed by atoms with E-state index in [1.165, 1.54) is 0 Å². The standard InChI is InChI=1S/C13H23NO2/c1-7-10(9-14)8-13(5,6)11(15)16-12(2,3)4/h10H,7-8H2,1-6H3.